The maximum Gasteiger partial charge on any atom is 0.261 e. The second-order valence-corrected chi connectivity index (χ2v) is 3.93. The third kappa shape index (κ3) is 6.26. The molecule has 0 aromatic heterocycles. The van der Waals surface area contributed by atoms with E-state index in [1.165, 1.54) is 0 Å². The van der Waals surface area contributed by atoms with Gasteiger partial charge in [-0.1, -0.05) is 30.3 Å². The van der Waals surface area contributed by atoms with Crippen LogP contribution in [-0.2, 0) is 9.53 Å². The van der Waals surface area contributed by atoms with Crippen molar-refractivity contribution in [1.29, 1.82) is 0 Å². The first-order chi connectivity index (χ1) is 9.13. The summed E-state index contributed by atoms with van der Waals surface area (Å²) in [5, 5.41) is 11.8. The first-order valence-corrected chi connectivity index (χ1v) is 5.94. The number of hydrogen-bond donors (Lipinski definition) is 2. The van der Waals surface area contributed by atoms with E-state index in [0.29, 0.717) is 0 Å². The van der Waals surface area contributed by atoms with E-state index in [4.69, 9.17) is 0 Å². The number of carbonyl (C=O) groups excluding carboxylic acids is 1. The predicted molar refractivity (Wildman–Crippen MR) is 65.9 cm³/mol. The van der Waals surface area contributed by atoms with Crippen LogP contribution in [0, 0.1) is 0 Å². The van der Waals surface area contributed by atoms with E-state index in [0.717, 1.165) is 5.56 Å². The summed E-state index contributed by atoms with van der Waals surface area (Å²) in [7, 11) is 0. The summed E-state index contributed by atoms with van der Waals surface area (Å²) >= 11 is 0. The number of nitrogens with one attached hydrogen (secondary N) is 1. The lowest BCUT2D eigenvalue weighted by Gasteiger charge is -2.16. The van der Waals surface area contributed by atoms with Crippen LogP contribution in [0.2, 0.25) is 0 Å². The average molecular weight is 273 g/mol. The summed E-state index contributed by atoms with van der Waals surface area (Å²) in [6.07, 6.45) is -2.55. The first-order valence-electron chi connectivity index (χ1n) is 5.94. The highest BCUT2D eigenvalue weighted by Gasteiger charge is 2.13. The molecule has 1 amide bonds. The van der Waals surface area contributed by atoms with Crippen molar-refractivity contribution in [3.8, 4) is 0 Å². The number of halogens is 2. The van der Waals surface area contributed by atoms with Crippen LogP contribution in [-0.4, -0.2) is 37.3 Å². The highest BCUT2D eigenvalue weighted by atomic mass is 19.3. The lowest BCUT2D eigenvalue weighted by Crippen LogP contribution is -2.31. The highest BCUT2D eigenvalue weighted by molar-refractivity contribution is 5.76. The molecule has 1 aromatic carbocycles. The van der Waals surface area contributed by atoms with E-state index in [1.54, 1.807) is 24.3 Å². The van der Waals surface area contributed by atoms with Gasteiger partial charge < -0.3 is 15.2 Å². The minimum Gasteiger partial charge on any atom is -0.394 e. The molecule has 19 heavy (non-hydrogen) atoms. The molecule has 0 saturated carbocycles. The van der Waals surface area contributed by atoms with Crippen molar-refractivity contribution in [2.75, 3.05) is 19.8 Å². The van der Waals surface area contributed by atoms with Gasteiger partial charge in [0.15, 0.2) is 0 Å². The van der Waals surface area contributed by atoms with Crippen molar-refractivity contribution in [3.05, 3.63) is 35.9 Å². The van der Waals surface area contributed by atoms with Gasteiger partial charge in [0, 0.05) is 6.42 Å². The molecule has 4 nitrogen and oxygen atoms in total. The fourth-order valence-electron chi connectivity index (χ4n) is 1.52. The molecule has 0 radical (unpaired) electrons. The molecule has 1 aromatic rings. The van der Waals surface area contributed by atoms with E-state index < -0.39 is 19.1 Å². The quantitative estimate of drug-likeness (QED) is 0.706. The number of aliphatic hydroxyl groups excluding tert-OH is 1. The molecule has 0 aliphatic rings. The van der Waals surface area contributed by atoms with Crippen LogP contribution >= 0.6 is 0 Å². The monoisotopic (exact) mass is 273 g/mol. The smallest absolute Gasteiger partial charge is 0.261 e. The van der Waals surface area contributed by atoms with Crippen molar-refractivity contribution < 1.29 is 23.4 Å². The van der Waals surface area contributed by atoms with E-state index in [9.17, 15) is 18.7 Å². The van der Waals surface area contributed by atoms with Gasteiger partial charge in [-0.25, -0.2) is 8.78 Å². The molecule has 6 heteroatoms. The standard InChI is InChI=1S/C13H17F2NO3/c14-12(15)9-19-7-6-13(18)16-11(8-17)10-4-2-1-3-5-10/h1-5,11-12,17H,6-9H2,(H,16,18)/t11-/m1/s1. The molecule has 0 spiro atoms. The van der Waals surface area contributed by atoms with Gasteiger partial charge >= 0.3 is 0 Å². The van der Waals surface area contributed by atoms with Crippen LogP contribution in [0.1, 0.15) is 18.0 Å². The van der Waals surface area contributed by atoms with Crippen LogP contribution < -0.4 is 5.32 Å². The average Bonchev–Trinajstić information content (AvgIpc) is 2.41. The molecule has 106 valence electrons. The van der Waals surface area contributed by atoms with Gasteiger partial charge in [0.1, 0.15) is 6.61 Å². The maximum absolute atomic E-state index is 11.8. The van der Waals surface area contributed by atoms with Gasteiger partial charge in [-0.3, -0.25) is 4.79 Å². The Hall–Kier alpha value is -1.53. The number of benzene rings is 1. The summed E-state index contributed by atoms with van der Waals surface area (Å²) in [5.41, 5.74) is 0.784. The molecule has 1 rings (SSSR count). The van der Waals surface area contributed by atoms with Crippen molar-refractivity contribution in [2.24, 2.45) is 0 Å². The second-order valence-electron chi connectivity index (χ2n) is 3.93. The van der Waals surface area contributed by atoms with Crippen LogP contribution in [0.4, 0.5) is 8.78 Å². The third-order valence-corrected chi connectivity index (χ3v) is 2.44. The molecule has 0 bridgehead atoms. The Labute approximate surface area is 110 Å². The third-order valence-electron chi connectivity index (χ3n) is 2.44. The van der Waals surface area contributed by atoms with E-state index in [-0.39, 0.29) is 25.5 Å². The van der Waals surface area contributed by atoms with Crippen molar-refractivity contribution in [2.45, 2.75) is 18.9 Å². The van der Waals surface area contributed by atoms with Gasteiger partial charge in [-0.05, 0) is 5.56 Å². The zero-order valence-electron chi connectivity index (χ0n) is 10.4. The van der Waals surface area contributed by atoms with Crippen molar-refractivity contribution >= 4 is 5.91 Å². The molecule has 0 unspecified atom stereocenters. The van der Waals surface area contributed by atoms with Crippen molar-refractivity contribution in [1.82, 2.24) is 5.32 Å². The van der Waals surface area contributed by atoms with E-state index in [1.807, 2.05) is 6.07 Å². The second kappa shape index (κ2) is 8.55. The fraction of sp³-hybridized carbons (Fsp3) is 0.462. The van der Waals surface area contributed by atoms with Crippen LogP contribution in [0.3, 0.4) is 0 Å². The molecule has 0 saturated heterocycles. The Morgan fingerprint density at radius 2 is 2.00 bits per heavy atom. The Bertz CT molecular complexity index is 373. The highest BCUT2D eigenvalue weighted by Crippen LogP contribution is 2.11. The fourth-order valence-corrected chi connectivity index (χ4v) is 1.52. The zero-order valence-corrected chi connectivity index (χ0v) is 10.4. The molecule has 0 aliphatic carbocycles. The maximum atomic E-state index is 11.8. The molecule has 1 atom stereocenters. The number of amides is 1. The van der Waals surface area contributed by atoms with Gasteiger partial charge in [0.2, 0.25) is 5.91 Å². The van der Waals surface area contributed by atoms with E-state index in [2.05, 4.69) is 10.1 Å². The Kier molecular flexibility index (Phi) is 6.99. The molecule has 0 heterocycles. The molecule has 0 aliphatic heterocycles. The number of alkyl halides is 2. The summed E-state index contributed by atoms with van der Waals surface area (Å²) in [6, 6.07) is 8.51. The lowest BCUT2D eigenvalue weighted by atomic mass is 10.1. The van der Waals surface area contributed by atoms with Gasteiger partial charge in [-0.2, -0.15) is 0 Å². The predicted octanol–water partition coefficient (Wildman–Crippen LogP) is 1.51. The lowest BCUT2D eigenvalue weighted by molar-refractivity contribution is -0.123. The number of aliphatic hydroxyl groups is 1. The first kappa shape index (κ1) is 15.5. The van der Waals surface area contributed by atoms with Gasteiger partial charge in [-0.15, -0.1) is 0 Å². The minimum absolute atomic E-state index is 0.0178. The van der Waals surface area contributed by atoms with Gasteiger partial charge in [0.05, 0.1) is 19.3 Å². The number of carbonyl (C=O) groups is 1. The summed E-state index contributed by atoms with van der Waals surface area (Å²) in [5.74, 6) is -0.350. The Morgan fingerprint density at radius 3 is 2.58 bits per heavy atom. The summed E-state index contributed by atoms with van der Waals surface area (Å²) < 4.78 is 28.2. The normalized spacial score (nSPS) is 12.4. The van der Waals surface area contributed by atoms with Gasteiger partial charge in [0.25, 0.3) is 6.43 Å². The number of hydrogen-bond acceptors (Lipinski definition) is 3. The van der Waals surface area contributed by atoms with E-state index >= 15 is 0 Å². The summed E-state index contributed by atoms with van der Waals surface area (Å²) in [6.45, 7) is -0.966. The largest absolute Gasteiger partial charge is 0.394 e. The van der Waals surface area contributed by atoms with Crippen LogP contribution in [0.5, 0.6) is 0 Å². The number of rotatable bonds is 8. The SMILES string of the molecule is O=C(CCOCC(F)F)N[C@H](CO)c1ccccc1. The molecular weight excluding hydrogens is 256 g/mol. The topological polar surface area (TPSA) is 58.6 Å². The van der Waals surface area contributed by atoms with Crippen molar-refractivity contribution in [3.63, 3.8) is 0 Å². The molecule has 0 fully saturated rings. The Morgan fingerprint density at radius 1 is 1.32 bits per heavy atom. The molecule has 2 N–H and O–H groups in total. The van der Waals surface area contributed by atoms with Crippen LogP contribution in [0.25, 0.3) is 0 Å². The number of ether oxygens (including phenoxy) is 1. The summed E-state index contributed by atoms with van der Waals surface area (Å²) in [4.78, 5) is 11.5. The Balaban J connectivity index is 2.33. The zero-order chi connectivity index (χ0) is 14.1. The minimum atomic E-state index is -2.53. The molecular formula is C13H17F2NO3. The van der Waals surface area contributed by atoms with Crippen LogP contribution in [0.15, 0.2) is 30.3 Å².